The Hall–Kier alpha value is -0.970. The molecule has 0 aromatic carbocycles. The van der Waals surface area contributed by atoms with Crippen molar-refractivity contribution in [2.24, 2.45) is 10.9 Å². The molecule has 0 radical (unpaired) electrons. The summed E-state index contributed by atoms with van der Waals surface area (Å²) in [6.07, 6.45) is 1.17. The molecule has 0 aromatic rings. The summed E-state index contributed by atoms with van der Waals surface area (Å²) in [5.74, 6) is 0.230. The molecule has 5 nitrogen and oxygen atoms in total. The van der Waals surface area contributed by atoms with Crippen LogP contribution in [0, 0.1) is 0 Å². The Labute approximate surface area is 85.2 Å². The molecule has 0 spiro atoms. The van der Waals surface area contributed by atoms with E-state index in [-0.39, 0.29) is 5.96 Å². The van der Waals surface area contributed by atoms with Gasteiger partial charge in [-0.3, -0.25) is 4.90 Å². The minimum Gasteiger partial charge on any atom is -0.408 e. The van der Waals surface area contributed by atoms with Crippen LogP contribution in [0.15, 0.2) is 5.16 Å². The van der Waals surface area contributed by atoms with E-state index in [4.69, 9.17) is 10.9 Å². The van der Waals surface area contributed by atoms with Crippen LogP contribution in [-0.4, -0.2) is 53.2 Å². The normalized spacial score (nSPS) is 22.4. The Morgan fingerprint density at radius 3 is 2.43 bits per heavy atom. The van der Waals surface area contributed by atoms with Crippen LogP contribution in [0.1, 0.15) is 20.3 Å². The largest absolute Gasteiger partial charge is 0.408 e. The summed E-state index contributed by atoms with van der Waals surface area (Å²) < 4.78 is 0. The third kappa shape index (κ3) is 2.51. The van der Waals surface area contributed by atoms with E-state index in [1.165, 1.54) is 6.42 Å². The molecule has 1 atom stereocenters. The molecule has 1 aliphatic heterocycles. The maximum absolute atomic E-state index is 8.52. The monoisotopic (exact) mass is 200 g/mol. The van der Waals surface area contributed by atoms with E-state index in [2.05, 4.69) is 23.9 Å². The Morgan fingerprint density at radius 1 is 1.43 bits per heavy atom. The van der Waals surface area contributed by atoms with Crippen molar-refractivity contribution in [2.45, 2.75) is 26.3 Å². The van der Waals surface area contributed by atoms with Crippen molar-refractivity contribution in [3.05, 3.63) is 0 Å². The number of nitrogens with zero attached hydrogens (tertiary/aromatic N) is 3. The first-order valence-corrected chi connectivity index (χ1v) is 5.15. The summed E-state index contributed by atoms with van der Waals surface area (Å²) in [5.41, 5.74) is 5.51. The highest BCUT2D eigenvalue weighted by molar-refractivity contribution is 5.77. The molecule has 1 fully saturated rings. The first kappa shape index (κ1) is 11.1. The zero-order valence-corrected chi connectivity index (χ0v) is 8.98. The molecule has 5 heteroatoms. The molecular formula is C9H20N4O. The predicted octanol–water partition coefficient (Wildman–Crippen LogP) is 0.106. The quantitative estimate of drug-likeness (QED) is 0.287. The predicted molar refractivity (Wildman–Crippen MR) is 56.3 cm³/mol. The molecule has 3 N–H and O–H groups in total. The number of piperazine rings is 1. The van der Waals surface area contributed by atoms with Crippen LogP contribution >= 0.6 is 0 Å². The van der Waals surface area contributed by atoms with Gasteiger partial charge in [-0.25, -0.2) is 0 Å². The molecule has 0 saturated carbocycles. The van der Waals surface area contributed by atoms with E-state index < -0.39 is 0 Å². The van der Waals surface area contributed by atoms with E-state index in [1.54, 1.807) is 0 Å². The molecular weight excluding hydrogens is 180 g/mol. The van der Waals surface area contributed by atoms with Crippen molar-refractivity contribution in [3.63, 3.8) is 0 Å². The van der Waals surface area contributed by atoms with E-state index >= 15 is 0 Å². The van der Waals surface area contributed by atoms with Gasteiger partial charge in [-0.1, -0.05) is 12.1 Å². The summed E-state index contributed by atoms with van der Waals surface area (Å²) in [6, 6.07) is 0.629. The SMILES string of the molecule is CCC(C)N1CCN(C(N)=NO)CC1. The Kier molecular flexibility index (Phi) is 4.00. The van der Waals surface area contributed by atoms with Crippen molar-refractivity contribution in [2.75, 3.05) is 26.2 Å². The number of hydrogen-bond acceptors (Lipinski definition) is 3. The molecule has 1 saturated heterocycles. The van der Waals surface area contributed by atoms with Crippen molar-refractivity contribution in [1.82, 2.24) is 9.80 Å². The van der Waals surface area contributed by atoms with E-state index in [9.17, 15) is 0 Å². The Bertz CT molecular complexity index is 199. The van der Waals surface area contributed by atoms with Crippen LogP contribution in [0.5, 0.6) is 0 Å². The third-order valence-electron chi connectivity index (χ3n) is 2.95. The lowest BCUT2D eigenvalue weighted by molar-refractivity contribution is 0.134. The van der Waals surface area contributed by atoms with E-state index in [1.807, 2.05) is 4.90 Å². The van der Waals surface area contributed by atoms with Crippen molar-refractivity contribution < 1.29 is 5.21 Å². The van der Waals surface area contributed by atoms with Gasteiger partial charge in [0.25, 0.3) is 0 Å². The average Bonchev–Trinajstić information content (AvgIpc) is 2.27. The number of nitrogens with two attached hydrogens (primary N) is 1. The smallest absolute Gasteiger partial charge is 0.233 e. The second-order valence-corrected chi connectivity index (χ2v) is 3.74. The summed E-state index contributed by atoms with van der Waals surface area (Å²) >= 11 is 0. The van der Waals surface area contributed by atoms with Gasteiger partial charge >= 0.3 is 0 Å². The van der Waals surface area contributed by atoms with Gasteiger partial charge in [-0.05, 0) is 13.3 Å². The van der Waals surface area contributed by atoms with E-state index in [0.717, 1.165) is 26.2 Å². The first-order valence-electron chi connectivity index (χ1n) is 5.15. The number of guanidine groups is 1. The van der Waals surface area contributed by atoms with Gasteiger partial charge in [0, 0.05) is 32.2 Å². The minimum absolute atomic E-state index is 0.230. The number of hydrogen-bond donors (Lipinski definition) is 2. The lowest BCUT2D eigenvalue weighted by Crippen LogP contribution is -2.53. The summed E-state index contributed by atoms with van der Waals surface area (Å²) in [4.78, 5) is 4.33. The zero-order valence-electron chi connectivity index (χ0n) is 8.98. The fraction of sp³-hybridized carbons (Fsp3) is 0.889. The van der Waals surface area contributed by atoms with Gasteiger partial charge in [0.05, 0.1) is 0 Å². The lowest BCUT2D eigenvalue weighted by Gasteiger charge is -2.37. The molecule has 0 bridgehead atoms. The zero-order chi connectivity index (χ0) is 10.6. The fourth-order valence-electron chi connectivity index (χ4n) is 1.71. The van der Waals surface area contributed by atoms with Crippen molar-refractivity contribution >= 4 is 5.96 Å². The second-order valence-electron chi connectivity index (χ2n) is 3.74. The van der Waals surface area contributed by atoms with Crippen LogP contribution in [-0.2, 0) is 0 Å². The molecule has 82 valence electrons. The molecule has 1 aliphatic rings. The molecule has 1 unspecified atom stereocenters. The van der Waals surface area contributed by atoms with Crippen LogP contribution in [0.3, 0.4) is 0 Å². The number of oxime groups is 1. The third-order valence-corrected chi connectivity index (χ3v) is 2.95. The summed E-state index contributed by atoms with van der Waals surface area (Å²) in [6.45, 7) is 8.11. The minimum atomic E-state index is 0.230. The van der Waals surface area contributed by atoms with Crippen molar-refractivity contribution in [1.29, 1.82) is 0 Å². The van der Waals surface area contributed by atoms with Gasteiger partial charge in [0.15, 0.2) is 0 Å². The highest BCUT2D eigenvalue weighted by atomic mass is 16.4. The molecule has 0 aliphatic carbocycles. The van der Waals surface area contributed by atoms with Gasteiger partial charge in [-0.15, -0.1) is 0 Å². The Balaban J connectivity index is 2.38. The molecule has 14 heavy (non-hydrogen) atoms. The van der Waals surface area contributed by atoms with Crippen molar-refractivity contribution in [3.8, 4) is 0 Å². The fourth-order valence-corrected chi connectivity index (χ4v) is 1.71. The maximum atomic E-state index is 8.52. The summed E-state index contributed by atoms with van der Waals surface area (Å²) in [7, 11) is 0. The molecule has 1 rings (SSSR count). The highest BCUT2D eigenvalue weighted by Crippen LogP contribution is 2.08. The maximum Gasteiger partial charge on any atom is 0.233 e. The topological polar surface area (TPSA) is 65.1 Å². The lowest BCUT2D eigenvalue weighted by atomic mass is 10.2. The van der Waals surface area contributed by atoms with Gasteiger partial charge in [0.2, 0.25) is 5.96 Å². The Morgan fingerprint density at radius 2 is 2.00 bits per heavy atom. The molecule has 1 heterocycles. The van der Waals surface area contributed by atoms with Crippen LogP contribution < -0.4 is 5.73 Å². The van der Waals surface area contributed by atoms with Crippen LogP contribution in [0.4, 0.5) is 0 Å². The van der Waals surface area contributed by atoms with E-state index in [0.29, 0.717) is 6.04 Å². The highest BCUT2D eigenvalue weighted by Gasteiger charge is 2.20. The standard InChI is InChI=1S/C9H20N4O/c1-3-8(2)12-4-6-13(7-5-12)9(10)11-14/h8,14H,3-7H2,1-2H3,(H2,10,11). The van der Waals surface area contributed by atoms with Crippen LogP contribution in [0.25, 0.3) is 0 Å². The second kappa shape index (κ2) is 5.05. The molecule has 0 aromatic heterocycles. The molecule has 0 amide bonds. The average molecular weight is 200 g/mol. The van der Waals surface area contributed by atoms with Gasteiger partial charge < -0.3 is 15.8 Å². The summed E-state index contributed by atoms with van der Waals surface area (Å²) in [5, 5.41) is 11.5. The van der Waals surface area contributed by atoms with Gasteiger partial charge in [0.1, 0.15) is 0 Å². The number of rotatable bonds is 2. The van der Waals surface area contributed by atoms with Gasteiger partial charge in [-0.2, -0.15) is 0 Å². The first-order chi connectivity index (χ1) is 6.69. The van der Waals surface area contributed by atoms with Crippen LogP contribution in [0.2, 0.25) is 0 Å².